The Morgan fingerprint density at radius 2 is 1.82 bits per heavy atom. The fourth-order valence-corrected chi connectivity index (χ4v) is 5.13. The van der Waals surface area contributed by atoms with Gasteiger partial charge in [0.2, 0.25) is 10.0 Å². The minimum atomic E-state index is -4.62. The molecule has 3 rings (SSSR count). The molecule has 2 aromatic rings. The molecule has 1 aliphatic rings. The summed E-state index contributed by atoms with van der Waals surface area (Å²) < 4.78 is 77.2. The summed E-state index contributed by atoms with van der Waals surface area (Å²) in [5.41, 5.74) is -0.377. The molecule has 1 aliphatic heterocycles. The molecule has 0 aromatic heterocycles. The Morgan fingerprint density at radius 3 is 2.46 bits per heavy atom. The molecule has 0 amide bonds. The average Bonchev–Trinajstić information content (AvgIpc) is 3.17. The van der Waals surface area contributed by atoms with Crippen molar-refractivity contribution in [3.05, 3.63) is 53.6 Å². The SMILES string of the molecule is COc1ccc(OC)c(C2CCCN2S(=O)(=O)c2cccc(C(F)(F)F)c2)c1. The van der Waals surface area contributed by atoms with E-state index in [0.29, 0.717) is 36.0 Å². The molecular weight excluding hydrogens is 395 g/mol. The van der Waals surface area contributed by atoms with Crippen LogP contribution in [0.25, 0.3) is 0 Å². The highest BCUT2D eigenvalue weighted by atomic mass is 32.2. The standard InChI is InChI=1S/C19H20F3NO4S/c1-26-14-8-9-18(27-2)16(12-14)17-7-4-10-23(17)28(24,25)15-6-3-5-13(11-15)19(20,21)22/h3,5-6,8-9,11-12,17H,4,7,10H2,1-2H3. The van der Waals surface area contributed by atoms with E-state index in [-0.39, 0.29) is 11.4 Å². The Labute approximate surface area is 161 Å². The van der Waals surface area contributed by atoms with E-state index in [1.54, 1.807) is 18.2 Å². The van der Waals surface area contributed by atoms with Gasteiger partial charge in [0.15, 0.2) is 0 Å². The Hall–Kier alpha value is -2.26. The van der Waals surface area contributed by atoms with Crippen LogP contribution >= 0.6 is 0 Å². The van der Waals surface area contributed by atoms with Gasteiger partial charge in [-0.15, -0.1) is 0 Å². The van der Waals surface area contributed by atoms with Crippen LogP contribution in [0.3, 0.4) is 0 Å². The van der Waals surface area contributed by atoms with Gasteiger partial charge in [0.1, 0.15) is 11.5 Å². The highest BCUT2D eigenvalue weighted by Crippen LogP contribution is 2.42. The van der Waals surface area contributed by atoms with Gasteiger partial charge in [0.05, 0.1) is 30.7 Å². The molecule has 0 saturated carbocycles. The first-order valence-electron chi connectivity index (χ1n) is 8.59. The lowest BCUT2D eigenvalue weighted by molar-refractivity contribution is -0.137. The van der Waals surface area contributed by atoms with Crippen LogP contribution in [0, 0.1) is 0 Å². The number of benzene rings is 2. The van der Waals surface area contributed by atoms with Gasteiger partial charge in [-0.2, -0.15) is 17.5 Å². The van der Waals surface area contributed by atoms with E-state index in [2.05, 4.69) is 0 Å². The molecule has 1 heterocycles. The summed E-state index contributed by atoms with van der Waals surface area (Å²) >= 11 is 0. The number of alkyl halides is 3. The van der Waals surface area contributed by atoms with E-state index < -0.39 is 27.8 Å². The maximum absolute atomic E-state index is 13.1. The van der Waals surface area contributed by atoms with Crippen LogP contribution in [-0.4, -0.2) is 33.5 Å². The summed E-state index contributed by atoms with van der Waals surface area (Å²) in [5, 5.41) is 0. The molecule has 0 bridgehead atoms. The molecular formula is C19H20F3NO4S. The summed E-state index contributed by atoms with van der Waals surface area (Å²) in [6.45, 7) is 0.212. The molecule has 1 fully saturated rings. The third-order valence-electron chi connectivity index (χ3n) is 4.77. The van der Waals surface area contributed by atoms with Crippen molar-refractivity contribution in [3.8, 4) is 11.5 Å². The van der Waals surface area contributed by atoms with Gasteiger partial charge in [-0.25, -0.2) is 8.42 Å². The molecule has 1 saturated heterocycles. The average molecular weight is 415 g/mol. The summed E-state index contributed by atoms with van der Waals surface area (Å²) in [6, 6.07) is 8.34. The number of nitrogens with zero attached hydrogens (tertiary/aromatic N) is 1. The normalized spacial score (nSPS) is 18.2. The highest BCUT2D eigenvalue weighted by molar-refractivity contribution is 7.89. The van der Waals surface area contributed by atoms with Crippen molar-refractivity contribution in [1.82, 2.24) is 4.31 Å². The third kappa shape index (κ3) is 3.81. The smallest absolute Gasteiger partial charge is 0.416 e. The number of rotatable bonds is 5. The van der Waals surface area contributed by atoms with Crippen molar-refractivity contribution in [1.29, 1.82) is 0 Å². The second-order valence-corrected chi connectivity index (χ2v) is 8.30. The summed E-state index contributed by atoms with van der Waals surface area (Å²) in [4.78, 5) is -0.379. The van der Waals surface area contributed by atoms with Crippen LogP contribution < -0.4 is 9.47 Å². The van der Waals surface area contributed by atoms with Gasteiger partial charge in [-0.1, -0.05) is 6.07 Å². The van der Waals surface area contributed by atoms with Crippen LogP contribution in [0.2, 0.25) is 0 Å². The molecule has 0 N–H and O–H groups in total. The predicted molar refractivity (Wildman–Crippen MR) is 96.9 cm³/mol. The minimum absolute atomic E-state index is 0.212. The first-order chi connectivity index (χ1) is 13.2. The van der Waals surface area contributed by atoms with Gasteiger partial charge in [0.25, 0.3) is 0 Å². The first kappa shape index (κ1) is 20.5. The lowest BCUT2D eigenvalue weighted by Crippen LogP contribution is -2.31. The van der Waals surface area contributed by atoms with E-state index in [4.69, 9.17) is 9.47 Å². The van der Waals surface area contributed by atoms with E-state index >= 15 is 0 Å². The Balaban J connectivity index is 2.03. The van der Waals surface area contributed by atoms with Gasteiger partial charge in [0, 0.05) is 12.1 Å². The third-order valence-corrected chi connectivity index (χ3v) is 6.67. The second-order valence-electron chi connectivity index (χ2n) is 6.41. The van der Waals surface area contributed by atoms with Crippen molar-refractivity contribution < 1.29 is 31.1 Å². The van der Waals surface area contributed by atoms with Crippen LogP contribution in [0.4, 0.5) is 13.2 Å². The molecule has 0 aliphatic carbocycles. The number of sulfonamides is 1. The summed E-state index contributed by atoms with van der Waals surface area (Å²) in [6.07, 6.45) is -3.50. The number of halogens is 3. The fourth-order valence-electron chi connectivity index (χ4n) is 3.41. The van der Waals surface area contributed by atoms with Crippen molar-refractivity contribution in [2.75, 3.05) is 20.8 Å². The largest absolute Gasteiger partial charge is 0.497 e. The molecule has 1 atom stereocenters. The Bertz CT molecular complexity index is 960. The minimum Gasteiger partial charge on any atom is -0.497 e. The van der Waals surface area contributed by atoms with E-state index in [1.165, 1.54) is 24.6 Å². The number of hydrogen-bond acceptors (Lipinski definition) is 4. The van der Waals surface area contributed by atoms with Gasteiger partial charge in [-0.05, 0) is 49.2 Å². The summed E-state index contributed by atoms with van der Waals surface area (Å²) in [7, 11) is -1.15. The van der Waals surface area contributed by atoms with Crippen molar-refractivity contribution in [2.24, 2.45) is 0 Å². The number of ether oxygens (including phenoxy) is 2. The number of hydrogen-bond donors (Lipinski definition) is 0. The van der Waals surface area contributed by atoms with Gasteiger partial charge >= 0.3 is 6.18 Å². The summed E-state index contributed by atoms with van der Waals surface area (Å²) in [5.74, 6) is 1.04. The first-order valence-corrected chi connectivity index (χ1v) is 10.0. The van der Waals surface area contributed by atoms with Crippen LogP contribution in [0.15, 0.2) is 47.4 Å². The molecule has 28 heavy (non-hydrogen) atoms. The van der Waals surface area contributed by atoms with E-state index in [9.17, 15) is 21.6 Å². The molecule has 2 aromatic carbocycles. The van der Waals surface area contributed by atoms with E-state index in [1.807, 2.05) is 0 Å². The van der Waals surface area contributed by atoms with Crippen molar-refractivity contribution >= 4 is 10.0 Å². The molecule has 1 unspecified atom stereocenters. The predicted octanol–water partition coefficient (Wildman–Crippen LogP) is 4.25. The highest BCUT2D eigenvalue weighted by Gasteiger charge is 2.39. The van der Waals surface area contributed by atoms with Crippen LogP contribution in [0.1, 0.15) is 30.0 Å². The molecule has 0 radical (unpaired) electrons. The zero-order valence-electron chi connectivity index (χ0n) is 15.4. The number of methoxy groups -OCH3 is 2. The van der Waals surface area contributed by atoms with Crippen LogP contribution in [-0.2, 0) is 16.2 Å². The molecule has 0 spiro atoms. The fraction of sp³-hybridized carbons (Fsp3) is 0.368. The quantitative estimate of drug-likeness (QED) is 0.733. The zero-order chi connectivity index (χ0) is 20.5. The molecule has 9 heteroatoms. The van der Waals surface area contributed by atoms with Crippen molar-refractivity contribution in [2.45, 2.75) is 30.0 Å². The Morgan fingerprint density at radius 1 is 1.07 bits per heavy atom. The van der Waals surface area contributed by atoms with Crippen molar-refractivity contribution in [3.63, 3.8) is 0 Å². The van der Waals surface area contributed by atoms with Crippen LogP contribution in [0.5, 0.6) is 11.5 Å². The molecule has 152 valence electrons. The Kier molecular flexibility index (Phi) is 5.58. The maximum Gasteiger partial charge on any atom is 0.416 e. The zero-order valence-corrected chi connectivity index (χ0v) is 16.2. The second kappa shape index (κ2) is 7.63. The van der Waals surface area contributed by atoms with E-state index in [0.717, 1.165) is 12.1 Å². The molecule has 5 nitrogen and oxygen atoms in total. The monoisotopic (exact) mass is 415 g/mol. The van der Waals surface area contributed by atoms with Gasteiger partial charge < -0.3 is 9.47 Å². The lowest BCUT2D eigenvalue weighted by Gasteiger charge is -2.26. The lowest BCUT2D eigenvalue weighted by atomic mass is 10.0. The van der Waals surface area contributed by atoms with Gasteiger partial charge in [-0.3, -0.25) is 0 Å². The topological polar surface area (TPSA) is 55.8 Å². The maximum atomic E-state index is 13.1.